The second kappa shape index (κ2) is 6.80. The van der Waals surface area contributed by atoms with Crippen molar-refractivity contribution in [2.24, 2.45) is 0 Å². The van der Waals surface area contributed by atoms with Gasteiger partial charge in [0.1, 0.15) is 5.75 Å². The molecule has 1 aliphatic rings. The summed E-state index contributed by atoms with van der Waals surface area (Å²) in [4.78, 5) is 2.42. The number of hydrogen-bond acceptors (Lipinski definition) is 3. The van der Waals surface area contributed by atoms with Gasteiger partial charge >= 0.3 is 0 Å². The van der Waals surface area contributed by atoms with E-state index in [1.807, 2.05) is 0 Å². The molecule has 1 aromatic carbocycles. The topological polar surface area (TPSA) is 24.5 Å². The van der Waals surface area contributed by atoms with E-state index in [1.54, 1.807) is 7.11 Å². The SMILES string of the molecule is CCC(C)NCc1ccc(N2CCCC2)c(OC)c1. The molecule has 0 aliphatic carbocycles. The van der Waals surface area contributed by atoms with Crippen molar-refractivity contribution in [1.82, 2.24) is 5.32 Å². The molecule has 1 N–H and O–H groups in total. The summed E-state index contributed by atoms with van der Waals surface area (Å²) in [5.74, 6) is 1.00. The minimum atomic E-state index is 0.559. The zero-order valence-electron chi connectivity index (χ0n) is 12.4. The lowest BCUT2D eigenvalue weighted by Crippen LogP contribution is -2.24. The molecule has 0 spiro atoms. The van der Waals surface area contributed by atoms with Gasteiger partial charge in [0.15, 0.2) is 0 Å². The Balaban J connectivity index is 2.07. The molecule has 1 heterocycles. The van der Waals surface area contributed by atoms with Crippen molar-refractivity contribution in [3.63, 3.8) is 0 Å². The standard InChI is InChI=1S/C16H26N2O/c1-4-13(2)17-12-14-7-8-15(16(11-14)19-3)18-9-5-6-10-18/h7-8,11,13,17H,4-6,9-10,12H2,1-3H3. The molecule has 1 aliphatic heterocycles. The molecule has 0 aromatic heterocycles. The van der Waals surface area contributed by atoms with E-state index in [2.05, 4.69) is 42.3 Å². The highest BCUT2D eigenvalue weighted by Gasteiger charge is 2.16. The van der Waals surface area contributed by atoms with Crippen LogP contribution in [0.5, 0.6) is 5.75 Å². The molecule has 1 unspecified atom stereocenters. The van der Waals surface area contributed by atoms with Crippen LogP contribution in [0.1, 0.15) is 38.7 Å². The second-order valence-electron chi connectivity index (χ2n) is 5.39. The molecule has 1 saturated heterocycles. The Kier molecular flexibility index (Phi) is 5.08. The smallest absolute Gasteiger partial charge is 0.142 e. The number of rotatable bonds is 6. The first-order valence-electron chi connectivity index (χ1n) is 7.39. The van der Waals surface area contributed by atoms with Crippen LogP contribution in [-0.2, 0) is 6.54 Å². The lowest BCUT2D eigenvalue weighted by molar-refractivity contribution is 0.414. The van der Waals surface area contributed by atoms with Crippen LogP contribution in [0.15, 0.2) is 18.2 Å². The van der Waals surface area contributed by atoms with Gasteiger partial charge in [0, 0.05) is 25.7 Å². The van der Waals surface area contributed by atoms with Crippen molar-refractivity contribution >= 4 is 5.69 Å². The quantitative estimate of drug-likeness (QED) is 0.852. The largest absolute Gasteiger partial charge is 0.495 e. The highest BCUT2D eigenvalue weighted by Crippen LogP contribution is 2.31. The Morgan fingerprint density at radius 2 is 2.05 bits per heavy atom. The summed E-state index contributed by atoms with van der Waals surface area (Å²) in [6, 6.07) is 7.15. The first kappa shape index (κ1) is 14.2. The summed E-state index contributed by atoms with van der Waals surface area (Å²) < 4.78 is 5.56. The third-order valence-corrected chi connectivity index (χ3v) is 3.96. The van der Waals surface area contributed by atoms with E-state index in [-0.39, 0.29) is 0 Å². The lowest BCUT2D eigenvalue weighted by atomic mass is 10.1. The van der Waals surface area contributed by atoms with Crippen LogP contribution in [0.2, 0.25) is 0 Å². The van der Waals surface area contributed by atoms with Crippen molar-refractivity contribution in [2.45, 2.75) is 45.7 Å². The van der Waals surface area contributed by atoms with Crippen molar-refractivity contribution in [3.05, 3.63) is 23.8 Å². The van der Waals surface area contributed by atoms with Crippen LogP contribution in [0, 0.1) is 0 Å². The number of nitrogens with one attached hydrogen (secondary N) is 1. The van der Waals surface area contributed by atoms with Crippen LogP contribution in [0.4, 0.5) is 5.69 Å². The fourth-order valence-corrected chi connectivity index (χ4v) is 2.49. The van der Waals surface area contributed by atoms with Gasteiger partial charge in [-0.1, -0.05) is 13.0 Å². The summed E-state index contributed by atoms with van der Waals surface area (Å²) in [5.41, 5.74) is 2.53. The van der Waals surface area contributed by atoms with Gasteiger partial charge in [-0.15, -0.1) is 0 Å². The van der Waals surface area contributed by atoms with Gasteiger partial charge in [-0.05, 0) is 43.9 Å². The van der Waals surface area contributed by atoms with Crippen molar-refractivity contribution in [1.29, 1.82) is 0 Å². The molecule has 0 saturated carbocycles. The molecule has 0 amide bonds. The number of benzene rings is 1. The highest BCUT2D eigenvalue weighted by atomic mass is 16.5. The maximum atomic E-state index is 5.56. The molecule has 1 atom stereocenters. The van der Waals surface area contributed by atoms with E-state index in [0.29, 0.717) is 6.04 Å². The Labute approximate surface area is 116 Å². The zero-order chi connectivity index (χ0) is 13.7. The highest BCUT2D eigenvalue weighted by molar-refractivity contribution is 5.60. The van der Waals surface area contributed by atoms with E-state index in [1.165, 1.54) is 24.1 Å². The summed E-state index contributed by atoms with van der Waals surface area (Å²) in [6.07, 6.45) is 3.74. The first-order chi connectivity index (χ1) is 9.24. The average Bonchev–Trinajstić information content (AvgIpc) is 2.98. The third-order valence-electron chi connectivity index (χ3n) is 3.96. The van der Waals surface area contributed by atoms with Crippen LogP contribution >= 0.6 is 0 Å². The minimum Gasteiger partial charge on any atom is -0.495 e. The van der Waals surface area contributed by atoms with E-state index in [0.717, 1.165) is 31.8 Å². The number of hydrogen-bond donors (Lipinski definition) is 1. The van der Waals surface area contributed by atoms with Gasteiger partial charge in [0.2, 0.25) is 0 Å². The van der Waals surface area contributed by atoms with Gasteiger partial charge in [-0.25, -0.2) is 0 Å². The fourth-order valence-electron chi connectivity index (χ4n) is 2.49. The summed E-state index contributed by atoms with van der Waals surface area (Å²) in [7, 11) is 1.76. The van der Waals surface area contributed by atoms with E-state index >= 15 is 0 Å². The van der Waals surface area contributed by atoms with E-state index in [4.69, 9.17) is 4.74 Å². The Morgan fingerprint density at radius 1 is 1.32 bits per heavy atom. The second-order valence-corrected chi connectivity index (χ2v) is 5.39. The number of ether oxygens (including phenoxy) is 1. The maximum Gasteiger partial charge on any atom is 0.142 e. The normalized spacial score (nSPS) is 16.7. The molecular weight excluding hydrogens is 236 g/mol. The monoisotopic (exact) mass is 262 g/mol. The molecule has 3 heteroatoms. The fraction of sp³-hybridized carbons (Fsp3) is 0.625. The number of methoxy groups -OCH3 is 1. The Hall–Kier alpha value is -1.22. The van der Waals surface area contributed by atoms with Crippen LogP contribution in [0.3, 0.4) is 0 Å². The van der Waals surface area contributed by atoms with Crippen molar-refractivity contribution in [3.8, 4) is 5.75 Å². The van der Waals surface area contributed by atoms with Crippen molar-refractivity contribution < 1.29 is 4.74 Å². The molecule has 2 rings (SSSR count). The molecule has 1 aromatic rings. The molecule has 3 nitrogen and oxygen atoms in total. The predicted molar refractivity (Wildman–Crippen MR) is 81.0 cm³/mol. The van der Waals surface area contributed by atoms with Crippen LogP contribution < -0.4 is 15.0 Å². The average molecular weight is 262 g/mol. The van der Waals surface area contributed by atoms with Gasteiger partial charge in [-0.2, -0.15) is 0 Å². The van der Waals surface area contributed by atoms with Gasteiger partial charge in [-0.3, -0.25) is 0 Å². The number of anilines is 1. The Bertz CT molecular complexity index is 400. The molecule has 0 radical (unpaired) electrons. The maximum absolute atomic E-state index is 5.56. The number of nitrogens with zero attached hydrogens (tertiary/aromatic N) is 1. The van der Waals surface area contributed by atoms with E-state index < -0.39 is 0 Å². The summed E-state index contributed by atoms with van der Waals surface area (Å²) in [5, 5.41) is 3.52. The summed E-state index contributed by atoms with van der Waals surface area (Å²) in [6.45, 7) is 7.64. The third kappa shape index (κ3) is 3.63. The Morgan fingerprint density at radius 3 is 2.68 bits per heavy atom. The molecule has 106 valence electrons. The van der Waals surface area contributed by atoms with Gasteiger partial charge < -0.3 is 15.0 Å². The molecule has 0 bridgehead atoms. The summed E-state index contributed by atoms with van der Waals surface area (Å²) >= 11 is 0. The molecular formula is C16H26N2O. The molecule has 1 fully saturated rings. The predicted octanol–water partition coefficient (Wildman–Crippen LogP) is 3.18. The zero-order valence-corrected chi connectivity index (χ0v) is 12.4. The van der Waals surface area contributed by atoms with Crippen LogP contribution in [0.25, 0.3) is 0 Å². The van der Waals surface area contributed by atoms with Gasteiger partial charge in [0.05, 0.1) is 12.8 Å². The van der Waals surface area contributed by atoms with Gasteiger partial charge in [0.25, 0.3) is 0 Å². The van der Waals surface area contributed by atoms with Crippen molar-refractivity contribution in [2.75, 3.05) is 25.1 Å². The first-order valence-corrected chi connectivity index (χ1v) is 7.39. The van der Waals surface area contributed by atoms with Crippen LogP contribution in [-0.4, -0.2) is 26.2 Å². The minimum absolute atomic E-state index is 0.559. The van der Waals surface area contributed by atoms with E-state index in [9.17, 15) is 0 Å². The molecule has 19 heavy (non-hydrogen) atoms. The lowest BCUT2D eigenvalue weighted by Gasteiger charge is -2.21.